The highest BCUT2D eigenvalue weighted by molar-refractivity contribution is 6.35. The lowest BCUT2D eigenvalue weighted by Gasteiger charge is -2.34. The topological polar surface area (TPSA) is 35.2 Å². The van der Waals surface area contributed by atoms with E-state index in [2.05, 4.69) is 0 Å². The van der Waals surface area contributed by atoms with Crippen molar-refractivity contribution >= 4 is 23.2 Å². The molecule has 4 heteroatoms. The third-order valence-electron chi connectivity index (χ3n) is 4.39. The van der Waals surface area contributed by atoms with E-state index in [0.717, 1.165) is 29.8 Å². The zero-order valence-electron chi connectivity index (χ0n) is 10.2. The maximum atomic E-state index is 6.26. The van der Waals surface area contributed by atoms with E-state index in [0.29, 0.717) is 23.8 Å². The van der Waals surface area contributed by atoms with E-state index < -0.39 is 0 Å². The average molecular weight is 286 g/mol. The molecule has 2 heterocycles. The van der Waals surface area contributed by atoms with Gasteiger partial charge in [0.25, 0.3) is 0 Å². The van der Waals surface area contributed by atoms with Crippen molar-refractivity contribution in [3.8, 4) is 0 Å². The van der Waals surface area contributed by atoms with Crippen molar-refractivity contribution in [1.82, 2.24) is 0 Å². The molecule has 1 aromatic carbocycles. The molecule has 2 nitrogen and oxygen atoms in total. The molecule has 0 aliphatic carbocycles. The number of hydrogen-bond acceptors (Lipinski definition) is 2. The van der Waals surface area contributed by atoms with Crippen LogP contribution in [-0.4, -0.2) is 18.8 Å². The lowest BCUT2D eigenvalue weighted by atomic mass is 9.70. The van der Waals surface area contributed by atoms with Crippen LogP contribution in [0.5, 0.6) is 0 Å². The Kier molecular flexibility index (Phi) is 3.31. The Hall–Kier alpha value is -0.280. The first-order valence-electron chi connectivity index (χ1n) is 6.42. The lowest BCUT2D eigenvalue weighted by Crippen LogP contribution is -2.41. The van der Waals surface area contributed by atoms with Crippen molar-refractivity contribution in [2.45, 2.75) is 37.9 Å². The fourth-order valence-electron chi connectivity index (χ4n) is 3.41. The second-order valence-electron chi connectivity index (χ2n) is 5.51. The molecule has 3 atom stereocenters. The molecule has 2 aliphatic rings. The summed E-state index contributed by atoms with van der Waals surface area (Å²) < 4.78 is 5.97. The summed E-state index contributed by atoms with van der Waals surface area (Å²) in [4.78, 5) is 0. The summed E-state index contributed by atoms with van der Waals surface area (Å²) in [6, 6.07) is 5.70. The molecule has 2 bridgehead atoms. The van der Waals surface area contributed by atoms with Crippen LogP contribution in [0.4, 0.5) is 0 Å². The van der Waals surface area contributed by atoms with Gasteiger partial charge in [-0.05, 0) is 43.4 Å². The van der Waals surface area contributed by atoms with Crippen molar-refractivity contribution in [2.24, 2.45) is 11.1 Å². The van der Waals surface area contributed by atoms with Gasteiger partial charge in [0, 0.05) is 22.0 Å². The minimum atomic E-state index is 0.0698. The van der Waals surface area contributed by atoms with Crippen molar-refractivity contribution in [3.05, 3.63) is 33.8 Å². The Labute approximate surface area is 117 Å². The van der Waals surface area contributed by atoms with Crippen LogP contribution in [0.3, 0.4) is 0 Å². The van der Waals surface area contributed by atoms with Gasteiger partial charge in [-0.25, -0.2) is 0 Å². The zero-order chi connectivity index (χ0) is 12.8. The van der Waals surface area contributed by atoms with Gasteiger partial charge in [0.1, 0.15) is 0 Å². The molecule has 18 heavy (non-hydrogen) atoms. The second kappa shape index (κ2) is 4.68. The van der Waals surface area contributed by atoms with Crippen LogP contribution in [-0.2, 0) is 11.2 Å². The molecule has 0 aromatic heterocycles. The Balaban J connectivity index is 1.86. The monoisotopic (exact) mass is 285 g/mol. The number of hydrogen-bond donors (Lipinski definition) is 1. The van der Waals surface area contributed by atoms with Gasteiger partial charge in [-0.1, -0.05) is 29.3 Å². The van der Waals surface area contributed by atoms with Crippen molar-refractivity contribution in [3.63, 3.8) is 0 Å². The SMILES string of the molecule is NCC1(Cc2ccc(Cl)cc2Cl)CC2CCC1O2. The first-order valence-corrected chi connectivity index (χ1v) is 7.18. The third kappa shape index (κ3) is 2.05. The highest BCUT2D eigenvalue weighted by Crippen LogP contribution is 2.49. The van der Waals surface area contributed by atoms with Crippen LogP contribution in [0, 0.1) is 5.41 Å². The van der Waals surface area contributed by atoms with Gasteiger partial charge in [-0.3, -0.25) is 0 Å². The van der Waals surface area contributed by atoms with E-state index in [1.54, 1.807) is 6.07 Å². The van der Waals surface area contributed by atoms with Gasteiger partial charge in [-0.2, -0.15) is 0 Å². The molecule has 0 amide bonds. The Morgan fingerprint density at radius 1 is 1.33 bits per heavy atom. The molecule has 1 aromatic rings. The van der Waals surface area contributed by atoms with Crippen molar-refractivity contribution < 1.29 is 4.74 Å². The average Bonchev–Trinajstić information content (AvgIpc) is 2.93. The van der Waals surface area contributed by atoms with Crippen LogP contribution in [0.25, 0.3) is 0 Å². The first-order chi connectivity index (χ1) is 8.63. The highest BCUT2D eigenvalue weighted by Gasteiger charge is 2.51. The Morgan fingerprint density at radius 3 is 2.72 bits per heavy atom. The Morgan fingerprint density at radius 2 is 2.17 bits per heavy atom. The van der Waals surface area contributed by atoms with Crippen LogP contribution in [0.15, 0.2) is 18.2 Å². The Bertz CT molecular complexity index is 465. The van der Waals surface area contributed by atoms with E-state index >= 15 is 0 Å². The van der Waals surface area contributed by atoms with Crippen LogP contribution in [0.2, 0.25) is 10.0 Å². The number of fused-ring (bicyclic) bond motifs is 2. The molecule has 3 unspecified atom stereocenters. The van der Waals surface area contributed by atoms with Crippen molar-refractivity contribution in [1.29, 1.82) is 0 Å². The molecule has 2 fully saturated rings. The summed E-state index contributed by atoms with van der Waals surface area (Å²) >= 11 is 12.2. The molecule has 98 valence electrons. The normalized spacial score (nSPS) is 34.2. The quantitative estimate of drug-likeness (QED) is 0.924. The van der Waals surface area contributed by atoms with Crippen LogP contribution >= 0.6 is 23.2 Å². The summed E-state index contributed by atoms with van der Waals surface area (Å²) in [5.41, 5.74) is 7.23. The van der Waals surface area contributed by atoms with Crippen molar-refractivity contribution in [2.75, 3.05) is 6.54 Å². The van der Waals surface area contributed by atoms with Gasteiger partial charge in [0.15, 0.2) is 0 Å². The van der Waals surface area contributed by atoms with E-state index in [4.69, 9.17) is 33.7 Å². The molecule has 3 rings (SSSR count). The maximum absolute atomic E-state index is 6.26. The summed E-state index contributed by atoms with van der Waals surface area (Å²) in [6.45, 7) is 0.660. The number of rotatable bonds is 3. The molecule has 0 radical (unpaired) electrons. The van der Waals surface area contributed by atoms with Gasteiger partial charge < -0.3 is 10.5 Å². The van der Waals surface area contributed by atoms with E-state index in [-0.39, 0.29) is 5.41 Å². The number of halogens is 2. The standard InChI is InChI=1S/C14H17Cl2NO/c15-10-2-1-9(12(16)5-10)6-14(8-17)7-11-3-4-13(14)18-11/h1-2,5,11,13H,3-4,6-8,17H2. The molecule has 0 saturated carbocycles. The number of ether oxygens (including phenoxy) is 1. The molecule has 2 N–H and O–H groups in total. The fraction of sp³-hybridized carbons (Fsp3) is 0.571. The summed E-state index contributed by atoms with van der Waals surface area (Å²) in [5, 5.41) is 1.41. The minimum Gasteiger partial charge on any atom is -0.374 e. The molecular formula is C14H17Cl2NO. The number of nitrogens with two attached hydrogens (primary N) is 1. The van der Waals surface area contributed by atoms with E-state index in [1.807, 2.05) is 12.1 Å². The zero-order valence-corrected chi connectivity index (χ0v) is 11.7. The maximum Gasteiger partial charge on any atom is 0.0652 e. The predicted octanol–water partition coefficient (Wildman–Crippen LogP) is 3.43. The van der Waals surface area contributed by atoms with Gasteiger partial charge >= 0.3 is 0 Å². The summed E-state index contributed by atoms with van der Waals surface area (Å²) in [6.07, 6.45) is 4.98. The molecule has 2 saturated heterocycles. The molecular weight excluding hydrogens is 269 g/mol. The van der Waals surface area contributed by atoms with Gasteiger partial charge in [0.2, 0.25) is 0 Å². The van der Waals surface area contributed by atoms with E-state index in [9.17, 15) is 0 Å². The molecule has 2 aliphatic heterocycles. The summed E-state index contributed by atoms with van der Waals surface area (Å²) in [5.74, 6) is 0. The lowest BCUT2D eigenvalue weighted by molar-refractivity contribution is 0.0636. The largest absolute Gasteiger partial charge is 0.374 e. The fourth-order valence-corrected chi connectivity index (χ4v) is 3.88. The second-order valence-corrected chi connectivity index (χ2v) is 6.35. The minimum absolute atomic E-state index is 0.0698. The van der Waals surface area contributed by atoms with E-state index in [1.165, 1.54) is 6.42 Å². The first kappa shape index (κ1) is 12.7. The summed E-state index contributed by atoms with van der Waals surface area (Å²) in [7, 11) is 0. The smallest absolute Gasteiger partial charge is 0.0652 e. The predicted molar refractivity (Wildman–Crippen MR) is 74.2 cm³/mol. The third-order valence-corrected chi connectivity index (χ3v) is 4.98. The van der Waals surface area contributed by atoms with Crippen LogP contribution < -0.4 is 5.73 Å². The number of benzene rings is 1. The highest BCUT2D eigenvalue weighted by atomic mass is 35.5. The van der Waals surface area contributed by atoms with Gasteiger partial charge in [0.05, 0.1) is 12.2 Å². The van der Waals surface area contributed by atoms with Gasteiger partial charge in [-0.15, -0.1) is 0 Å². The van der Waals surface area contributed by atoms with Crippen LogP contribution in [0.1, 0.15) is 24.8 Å². The molecule has 0 spiro atoms.